The molecule has 0 heterocycles. The summed E-state index contributed by atoms with van der Waals surface area (Å²) in [6.07, 6.45) is 0. The highest BCUT2D eigenvalue weighted by atomic mass is 32.1. The van der Waals surface area contributed by atoms with E-state index in [4.69, 9.17) is 0 Å². The molecular weight excluding hydrogens is 234 g/mol. The normalized spacial score (nSPS) is 11.9. The summed E-state index contributed by atoms with van der Waals surface area (Å²) in [5.74, 6) is 0. The first-order chi connectivity index (χ1) is 7.32. The van der Waals surface area contributed by atoms with Gasteiger partial charge in [-0.2, -0.15) is 0 Å². The molecule has 0 fully saturated rings. The van der Waals surface area contributed by atoms with E-state index < -0.39 is 8.24 Å². The molecule has 0 N–H and O–H groups in total. The van der Waals surface area contributed by atoms with E-state index in [1.807, 2.05) is 24.3 Å². The van der Waals surface area contributed by atoms with Gasteiger partial charge in [-0.25, -0.2) is 0 Å². The Hall–Kier alpha value is -0.583. The molecule has 1 rings (SSSR count). The van der Waals surface area contributed by atoms with Crippen LogP contribution >= 0.6 is 12.6 Å². The van der Waals surface area contributed by atoms with Gasteiger partial charge in [-0.3, -0.25) is 4.79 Å². The SMILES string of the molecule is CN(Cc1ccccc1C(=O)S)[Si](C)(C)C. The molecule has 0 spiro atoms. The maximum atomic E-state index is 11.4. The Balaban J connectivity index is 2.93. The Bertz CT molecular complexity index is 387. The summed E-state index contributed by atoms with van der Waals surface area (Å²) in [6.45, 7) is 7.69. The molecule has 0 aromatic heterocycles. The Morgan fingerprint density at radius 2 is 1.88 bits per heavy atom. The molecule has 1 aromatic carbocycles. The van der Waals surface area contributed by atoms with Crippen LogP contribution in [-0.2, 0) is 6.54 Å². The number of hydrogen-bond donors (Lipinski definition) is 1. The van der Waals surface area contributed by atoms with Crippen LogP contribution < -0.4 is 0 Å². The molecule has 16 heavy (non-hydrogen) atoms. The minimum Gasteiger partial charge on any atom is -0.323 e. The fourth-order valence-electron chi connectivity index (χ4n) is 1.36. The molecule has 0 bridgehead atoms. The number of benzene rings is 1. The first-order valence-corrected chi connectivity index (χ1v) is 9.24. The zero-order chi connectivity index (χ0) is 12.3. The van der Waals surface area contributed by atoms with Crippen LogP contribution in [0.4, 0.5) is 0 Å². The van der Waals surface area contributed by atoms with Gasteiger partial charge in [0.25, 0.3) is 0 Å². The van der Waals surface area contributed by atoms with Crippen LogP contribution in [-0.4, -0.2) is 25.0 Å². The van der Waals surface area contributed by atoms with Crippen molar-refractivity contribution < 1.29 is 4.79 Å². The largest absolute Gasteiger partial charge is 0.323 e. The Kier molecular flexibility index (Phi) is 4.35. The molecule has 1 aromatic rings. The summed E-state index contributed by atoms with van der Waals surface area (Å²) < 4.78 is 2.35. The lowest BCUT2D eigenvalue weighted by atomic mass is 10.1. The molecule has 0 radical (unpaired) electrons. The first-order valence-electron chi connectivity index (χ1n) is 5.35. The molecule has 4 heteroatoms. The fraction of sp³-hybridized carbons (Fsp3) is 0.417. The average molecular weight is 253 g/mol. The molecule has 0 aliphatic carbocycles. The van der Waals surface area contributed by atoms with E-state index in [1.54, 1.807) is 0 Å². The monoisotopic (exact) mass is 253 g/mol. The number of rotatable bonds is 4. The third-order valence-electron chi connectivity index (χ3n) is 2.80. The van der Waals surface area contributed by atoms with Gasteiger partial charge in [0.05, 0.1) is 0 Å². The minimum atomic E-state index is -1.30. The number of carbonyl (C=O) groups excluding carboxylic acids is 1. The van der Waals surface area contributed by atoms with Crippen LogP contribution in [0.1, 0.15) is 15.9 Å². The third kappa shape index (κ3) is 3.47. The van der Waals surface area contributed by atoms with E-state index >= 15 is 0 Å². The molecular formula is C12H19NOSSi. The highest BCUT2D eigenvalue weighted by Crippen LogP contribution is 2.16. The topological polar surface area (TPSA) is 20.3 Å². The van der Waals surface area contributed by atoms with Gasteiger partial charge in [0.1, 0.15) is 8.24 Å². The third-order valence-corrected chi connectivity index (χ3v) is 5.49. The van der Waals surface area contributed by atoms with Gasteiger partial charge in [0.15, 0.2) is 0 Å². The number of thiol groups is 1. The zero-order valence-corrected chi connectivity index (χ0v) is 12.2. The van der Waals surface area contributed by atoms with Gasteiger partial charge in [-0.05, 0) is 12.6 Å². The maximum absolute atomic E-state index is 11.4. The van der Waals surface area contributed by atoms with E-state index in [0.717, 1.165) is 17.7 Å². The van der Waals surface area contributed by atoms with Crippen molar-refractivity contribution >= 4 is 26.0 Å². The Morgan fingerprint density at radius 3 is 2.38 bits per heavy atom. The molecule has 0 aliphatic heterocycles. The molecule has 0 unspecified atom stereocenters. The van der Waals surface area contributed by atoms with Crippen LogP contribution in [0.15, 0.2) is 24.3 Å². The van der Waals surface area contributed by atoms with E-state index in [2.05, 4.69) is 43.9 Å². The molecule has 0 amide bonds. The molecule has 0 aliphatic rings. The molecule has 88 valence electrons. The second-order valence-corrected chi connectivity index (χ2v) is 10.5. The van der Waals surface area contributed by atoms with E-state index in [-0.39, 0.29) is 5.12 Å². The Labute approximate surface area is 104 Å². The summed E-state index contributed by atoms with van der Waals surface area (Å²) in [7, 11) is 0.813. The summed E-state index contributed by atoms with van der Waals surface area (Å²) in [5.41, 5.74) is 1.78. The van der Waals surface area contributed by atoms with E-state index in [0.29, 0.717) is 0 Å². The first kappa shape index (κ1) is 13.5. The lowest BCUT2D eigenvalue weighted by Gasteiger charge is -2.30. The molecule has 0 atom stereocenters. The van der Waals surface area contributed by atoms with Gasteiger partial charge < -0.3 is 4.57 Å². The van der Waals surface area contributed by atoms with Crippen molar-refractivity contribution in [2.75, 3.05) is 7.05 Å². The highest BCUT2D eigenvalue weighted by Gasteiger charge is 2.21. The predicted molar refractivity (Wildman–Crippen MR) is 74.6 cm³/mol. The van der Waals surface area contributed by atoms with Crippen LogP contribution in [0, 0.1) is 0 Å². The summed E-state index contributed by atoms with van der Waals surface area (Å²) in [5, 5.41) is -0.153. The van der Waals surface area contributed by atoms with Crippen molar-refractivity contribution in [2.24, 2.45) is 0 Å². The van der Waals surface area contributed by atoms with Crippen LogP contribution in [0.2, 0.25) is 19.6 Å². The maximum Gasteiger partial charge on any atom is 0.216 e. The molecule has 2 nitrogen and oxygen atoms in total. The quantitative estimate of drug-likeness (QED) is 0.657. The second kappa shape index (κ2) is 5.16. The Morgan fingerprint density at radius 1 is 1.31 bits per heavy atom. The van der Waals surface area contributed by atoms with Crippen molar-refractivity contribution in [3.63, 3.8) is 0 Å². The van der Waals surface area contributed by atoms with Crippen molar-refractivity contribution in [3.8, 4) is 0 Å². The van der Waals surface area contributed by atoms with Crippen molar-refractivity contribution in [3.05, 3.63) is 35.4 Å². The van der Waals surface area contributed by atoms with Crippen molar-refractivity contribution in [2.45, 2.75) is 26.2 Å². The zero-order valence-electron chi connectivity index (χ0n) is 10.3. The van der Waals surface area contributed by atoms with Crippen LogP contribution in [0.5, 0.6) is 0 Å². The van der Waals surface area contributed by atoms with Crippen molar-refractivity contribution in [1.82, 2.24) is 4.57 Å². The number of carbonyl (C=O) groups is 1. The second-order valence-electron chi connectivity index (χ2n) is 4.99. The lowest BCUT2D eigenvalue weighted by molar-refractivity contribution is 0.109. The number of nitrogens with zero attached hydrogens (tertiary/aromatic N) is 1. The van der Waals surface area contributed by atoms with E-state index in [9.17, 15) is 4.79 Å². The van der Waals surface area contributed by atoms with Crippen molar-refractivity contribution in [1.29, 1.82) is 0 Å². The highest BCUT2D eigenvalue weighted by molar-refractivity contribution is 7.97. The van der Waals surface area contributed by atoms with Crippen LogP contribution in [0.3, 0.4) is 0 Å². The number of hydrogen-bond acceptors (Lipinski definition) is 2. The minimum absolute atomic E-state index is 0.153. The molecule has 0 saturated heterocycles. The van der Waals surface area contributed by atoms with Gasteiger partial charge in [-0.1, -0.05) is 43.9 Å². The van der Waals surface area contributed by atoms with Crippen LogP contribution in [0.25, 0.3) is 0 Å². The smallest absolute Gasteiger partial charge is 0.216 e. The van der Waals surface area contributed by atoms with Gasteiger partial charge in [-0.15, -0.1) is 12.6 Å². The van der Waals surface area contributed by atoms with Gasteiger partial charge in [0.2, 0.25) is 5.12 Å². The predicted octanol–water partition coefficient (Wildman–Crippen LogP) is 3.02. The average Bonchev–Trinajstić information content (AvgIpc) is 2.16. The standard InChI is InChI=1S/C12H19NOSSi/c1-13(16(2,3)4)9-10-7-5-6-8-11(10)12(14)15/h5-8H,9H2,1-4H3,(H,14,15). The lowest BCUT2D eigenvalue weighted by Crippen LogP contribution is -2.42. The van der Waals surface area contributed by atoms with Gasteiger partial charge in [0, 0.05) is 12.1 Å². The van der Waals surface area contributed by atoms with Gasteiger partial charge >= 0.3 is 0 Å². The summed E-state index contributed by atoms with van der Waals surface area (Å²) >= 11 is 3.91. The molecule has 0 saturated carbocycles. The van der Waals surface area contributed by atoms with E-state index in [1.165, 1.54) is 0 Å². The summed E-state index contributed by atoms with van der Waals surface area (Å²) in [6, 6.07) is 7.68. The fourth-order valence-corrected chi connectivity index (χ4v) is 2.22. The summed E-state index contributed by atoms with van der Waals surface area (Å²) in [4.78, 5) is 11.4.